The third-order valence-corrected chi connectivity index (χ3v) is 2.15. The van der Waals surface area contributed by atoms with Crippen LogP contribution in [-0.2, 0) is 17.1 Å². The second-order valence-corrected chi connectivity index (χ2v) is 2.71. The summed E-state index contributed by atoms with van der Waals surface area (Å²) in [6.07, 6.45) is -0.400. The van der Waals surface area contributed by atoms with Crippen molar-refractivity contribution in [3.8, 4) is 0 Å². The van der Waals surface area contributed by atoms with Crippen molar-refractivity contribution in [2.75, 3.05) is 14.2 Å². The van der Waals surface area contributed by atoms with Crippen molar-refractivity contribution in [3.63, 3.8) is 0 Å². The van der Waals surface area contributed by atoms with E-state index in [1.807, 2.05) is 13.8 Å². The molecule has 0 aromatic heterocycles. The van der Waals surface area contributed by atoms with Crippen molar-refractivity contribution in [1.29, 1.82) is 0 Å². The molecular formula is C6H19AlNaO4. The van der Waals surface area contributed by atoms with Crippen LogP contribution in [0.1, 0.15) is 18.1 Å². The summed E-state index contributed by atoms with van der Waals surface area (Å²) in [4.78, 5) is 0. The molecule has 2 unspecified atom stereocenters. The number of methoxy groups -OCH3 is 2. The number of rotatable bonds is 6. The molecule has 71 valence electrons. The fourth-order valence-corrected chi connectivity index (χ4v) is 0.899. The van der Waals surface area contributed by atoms with E-state index in [0.717, 1.165) is 0 Å². The average molecular weight is 205 g/mol. The van der Waals surface area contributed by atoms with Gasteiger partial charge in [0.2, 0.25) is 0 Å². The van der Waals surface area contributed by atoms with Gasteiger partial charge in [0.05, 0.1) is 0 Å². The maximum Gasteiger partial charge on any atom is 1.00 e. The molecule has 0 saturated heterocycles. The monoisotopic (exact) mass is 205 g/mol. The van der Waals surface area contributed by atoms with Crippen molar-refractivity contribution in [1.82, 2.24) is 0 Å². The Labute approximate surface area is 107 Å². The summed E-state index contributed by atoms with van der Waals surface area (Å²) >= 11 is -0.500. The van der Waals surface area contributed by atoms with Crippen molar-refractivity contribution in [2.24, 2.45) is 0 Å². The van der Waals surface area contributed by atoms with Crippen LogP contribution in [-0.4, -0.2) is 42.7 Å². The van der Waals surface area contributed by atoms with Gasteiger partial charge in [0.15, 0.2) is 0 Å². The van der Waals surface area contributed by atoms with Crippen LogP contribution in [0.25, 0.3) is 0 Å². The number of ether oxygens (including phenoxy) is 2. The topological polar surface area (TPSA) is 36.9 Å². The van der Waals surface area contributed by atoms with E-state index in [0.29, 0.717) is 0 Å². The standard InChI is InChI=1S/2C3H7O2.Al.Na.2H2.H/c2*1-3(4)5-2;;;;;/h2*3H,1-2H3;;;2*1H;/q2*-1;+2;+1;;;-1. The molecule has 0 heterocycles. The number of hydrogen-bond donors (Lipinski definition) is 0. The Morgan fingerprint density at radius 3 is 1.67 bits per heavy atom. The summed E-state index contributed by atoms with van der Waals surface area (Å²) in [5, 5.41) is 0. The molecule has 0 saturated carbocycles. The fourth-order valence-electron chi connectivity index (χ4n) is 0.300. The Bertz CT molecular complexity index is 96.4. The second-order valence-electron chi connectivity index (χ2n) is 1.98. The Hall–Kier alpha value is 1.37. The van der Waals surface area contributed by atoms with Crippen molar-refractivity contribution < 1.29 is 50.9 Å². The molecule has 12 heavy (non-hydrogen) atoms. The molecule has 1 radical (unpaired) electrons. The van der Waals surface area contributed by atoms with Crippen LogP contribution < -0.4 is 29.6 Å². The molecule has 0 aliphatic carbocycles. The van der Waals surface area contributed by atoms with Crippen LogP contribution in [0.15, 0.2) is 0 Å². The average Bonchev–Trinajstić information content (AvgIpc) is 2.04. The van der Waals surface area contributed by atoms with Crippen LogP contribution in [0.5, 0.6) is 0 Å². The van der Waals surface area contributed by atoms with E-state index in [-0.39, 0.29) is 46.4 Å². The Kier molecular flexibility index (Phi) is 13.8. The van der Waals surface area contributed by atoms with E-state index in [1.165, 1.54) is 0 Å². The molecule has 0 rings (SSSR count). The molecule has 0 amide bonds. The van der Waals surface area contributed by atoms with Crippen LogP contribution in [0, 0.1) is 0 Å². The molecule has 0 aliphatic heterocycles. The van der Waals surface area contributed by atoms with Crippen LogP contribution in [0.2, 0.25) is 0 Å². The third-order valence-electron chi connectivity index (χ3n) is 1.16. The van der Waals surface area contributed by atoms with Gasteiger partial charge in [-0.05, 0) is 13.8 Å². The van der Waals surface area contributed by atoms with Crippen LogP contribution >= 0.6 is 0 Å². The minimum atomic E-state index is -0.500. The van der Waals surface area contributed by atoms with Gasteiger partial charge in [0.1, 0.15) is 12.6 Å². The predicted octanol–water partition coefficient (Wildman–Crippen LogP) is -1.85. The minimum absolute atomic E-state index is 0. The first-order valence-corrected chi connectivity index (χ1v) is 4.33. The van der Waals surface area contributed by atoms with E-state index in [9.17, 15) is 0 Å². The molecule has 0 aromatic rings. The van der Waals surface area contributed by atoms with Gasteiger partial charge in [0, 0.05) is 17.1 Å². The smallest absolute Gasteiger partial charge is 1.00 e. The zero-order valence-electron chi connectivity index (χ0n) is 9.37. The first-order chi connectivity index (χ1) is 5.20. The summed E-state index contributed by atoms with van der Waals surface area (Å²) in [5.41, 5.74) is 0. The molecular weight excluding hydrogens is 186 g/mol. The largest absolute Gasteiger partial charge is 1.00 e. The van der Waals surface area contributed by atoms with Gasteiger partial charge in [-0.25, -0.2) is 0 Å². The SMILES string of the molecule is COC(C)[O][Al][O]C(C)OC.[H-].[HH].[HH].[Na+]. The van der Waals surface area contributed by atoms with Crippen molar-refractivity contribution in [3.05, 3.63) is 0 Å². The molecule has 0 aromatic carbocycles. The summed E-state index contributed by atoms with van der Waals surface area (Å²) < 4.78 is 19.9. The molecule has 6 heteroatoms. The quantitative estimate of drug-likeness (QED) is 0.377. The van der Waals surface area contributed by atoms with Gasteiger partial charge < -0.3 is 18.5 Å². The minimum Gasteiger partial charge on any atom is -1.00 e. The normalized spacial score (nSPS) is 14.7. The van der Waals surface area contributed by atoms with Gasteiger partial charge in [-0.15, -0.1) is 0 Å². The Morgan fingerprint density at radius 1 is 1.08 bits per heavy atom. The van der Waals surface area contributed by atoms with Crippen molar-refractivity contribution >= 4 is 15.9 Å². The summed E-state index contributed by atoms with van der Waals surface area (Å²) in [6, 6.07) is 0. The van der Waals surface area contributed by atoms with Gasteiger partial charge in [-0.1, -0.05) is 0 Å². The first-order valence-electron chi connectivity index (χ1n) is 3.39. The molecule has 0 spiro atoms. The Balaban J connectivity index is -0.0000000833. The molecule has 0 bridgehead atoms. The maximum atomic E-state index is 5.12. The van der Waals surface area contributed by atoms with Crippen molar-refractivity contribution in [2.45, 2.75) is 26.4 Å². The first kappa shape index (κ1) is 15.8. The van der Waals surface area contributed by atoms with E-state index in [4.69, 9.17) is 17.1 Å². The van der Waals surface area contributed by atoms with Gasteiger partial charge in [0.25, 0.3) is 0 Å². The number of hydrogen-bond acceptors (Lipinski definition) is 4. The van der Waals surface area contributed by atoms with E-state index >= 15 is 0 Å². The molecule has 0 fully saturated rings. The van der Waals surface area contributed by atoms with Crippen LogP contribution in [0.3, 0.4) is 0 Å². The zero-order valence-corrected chi connectivity index (χ0v) is 11.5. The third kappa shape index (κ3) is 9.46. The van der Waals surface area contributed by atoms with Gasteiger partial charge in [-0.2, -0.15) is 0 Å². The predicted molar refractivity (Wildman–Crippen MR) is 46.2 cm³/mol. The zero-order chi connectivity index (χ0) is 8.69. The summed E-state index contributed by atoms with van der Waals surface area (Å²) in [5.74, 6) is 0. The molecule has 4 nitrogen and oxygen atoms in total. The van der Waals surface area contributed by atoms with Gasteiger partial charge in [-0.3, -0.25) is 0 Å². The van der Waals surface area contributed by atoms with Crippen LogP contribution in [0.4, 0.5) is 0 Å². The molecule has 0 N–H and O–H groups in total. The summed E-state index contributed by atoms with van der Waals surface area (Å²) in [6.45, 7) is 3.63. The van der Waals surface area contributed by atoms with E-state index in [1.54, 1.807) is 14.2 Å². The Morgan fingerprint density at radius 2 is 1.42 bits per heavy atom. The molecule has 0 aliphatic rings. The van der Waals surface area contributed by atoms with Gasteiger partial charge >= 0.3 is 45.4 Å². The fraction of sp³-hybridized carbons (Fsp3) is 1.00. The maximum absolute atomic E-state index is 5.12. The van der Waals surface area contributed by atoms with E-state index in [2.05, 4.69) is 0 Å². The second kappa shape index (κ2) is 10.5. The molecule has 2 atom stereocenters. The van der Waals surface area contributed by atoms with E-state index < -0.39 is 15.9 Å². The summed E-state index contributed by atoms with van der Waals surface area (Å²) in [7, 11) is 3.17.